The lowest BCUT2D eigenvalue weighted by atomic mass is 9.91. The number of hydrogen-bond donors (Lipinski definition) is 1. The number of nitrogens with one attached hydrogen (secondary N) is 1. The largest absolute Gasteiger partial charge is 0.339 e. The third-order valence-corrected chi connectivity index (χ3v) is 5.44. The number of hydrogen-bond acceptors (Lipinski definition) is 2. The third-order valence-electron chi connectivity index (χ3n) is 5.44. The van der Waals surface area contributed by atoms with Crippen molar-refractivity contribution in [2.24, 2.45) is 11.3 Å². The average Bonchev–Trinajstić information content (AvgIpc) is 3.21. The fraction of sp³-hybridized carbons (Fsp3) is 0.588. The van der Waals surface area contributed by atoms with Crippen molar-refractivity contribution in [3.05, 3.63) is 35.4 Å². The Labute approximate surface area is 129 Å². The number of carbonyl (C=O) groups is 1. The predicted molar refractivity (Wildman–Crippen MR) is 80.2 cm³/mol. The van der Waals surface area contributed by atoms with Crippen molar-refractivity contribution in [1.82, 2.24) is 10.2 Å². The summed E-state index contributed by atoms with van der Waals surface area (Å²) in [6.07, 6.45) is 3.07. The van der Waals surface area contributed by atoms with Gasteiger partial charge in [0.05, 0.1) is 6.04 Å². The van der Waals surface area contributed by atoms with Gasteiger partial charge < -0.3 is 10.2 Å². The van der Waals surface area contributed by atoms with E-state index in [1.807, 2.05) is 6.92 Å². The third kappa shape index (κ3) is 2.62. The molecule has 2 aliphatic rings. The van der Waals surface area contributed by atoms with Crippen LogP contribution in [0.25, 0.3) is 0 Å². The summed E-state index contributed by atoms with van der Waals surface area (Å²) in [6, 6.07) is 3.57. The molecular formula is C17H22F2N2O. The highest BCUT2D eigenvalue weighted by Gasteiger charge is 2.58. The first-order valence-corrected chi connectivity index (χ1v) is 7.87. The molecule has 2 atom stereocenters. The maximum absolute atomic E-state index is 13.4. The maximum atomic E-state index is 13.4. The smallest absolute Gasteiger partial charge is 0.226 e. The fourth-order valence-electron chi connectivity index (χ4n) is 3.61. The Morgan fingerprint density at radius 2 is 2.00 bits per heavy atom. The summed E-state index contributed by atoms with van der Waals surface area (Å²) in [5.41, 5.74) is 0.805. The topological polar surface area (TPSA) is 32.3 Å². The molecule has 5 heteroatoms. The zero-order valence-corrected chi connectivity index (χ0v) is 13.0. The minimum absolute atomic E-state index is 0.0901. The van der Waals surface area contributed by atoms with E-state index < -0.39 is 11.6 Å². The summed E-state index contributed by atoms with van der Waals surface area (Å²) in [7, 11) is 1.75. The molecule has 1 aromatic rings. The minimum atomic E-state index is -0.869. The first-order chi connectivity index (χ1) is 10.4. The van der Waals surface area contributed by atoms with Crippen molar-refractivity contribution in [2.45, 2.75) is 32.2 Å². The van der Waals surface area contributed by atoms with Crippen LogP contribution in [0.1, 0.15) is 37.8 Å². The number of amides is 1. The Balaban J connectivity index is 1.69. The summed E-state index contributed by atoms with van der Waals surface area (Å²) in [5, 5.41) is 3.33. The highest BCUT2D eigenvalue weighted by molar-refractivity contribution is 5.83. The molecule has 3 nitrogen and oxygen atoms in total. The average molecular weight is 308 g/mol. The van der Waals surface area contributed by atoms with Crippen molar-refractivity contribution in [3.63, 3.8) is 0 Å². The van der Waals surface area contributed by atoms with E-state index in [0.717, 1.165) is 38.4 Å². The molecule has 3 rings (SSSR count). The van der Waals surface area contributed by atoms with Gasteiger partial charge in [0.25, 0.3) is 0 Å². The van der Waals surface area contributed by atoms with Crippen LogP contribution in [-0.4, -0.2) is 30.9 Å². The molecule has 1 heterocycles. The number of rotatable bonds is 3. The molecule has 1 aliphatic carbocycles. The maximum Gasteiger partial charge on any atom is 0.226 e. The normalized spacial score (nSPS) is 24.1. The Morgan fingerprint density at radius 3 is 2.64 bits per heavy atom. The highest BCUT2D eigenvalue weighted by atomic mass is 19.2. The van der Waals surface area contributed by atoms with Gasteiger partial charge in [-0.3, -0.25) is 4.79 Å². The van der Waals surface area contributed by atoms with Crippen LogP contribution in [0.5, 0.6) is 0 Å². The lowest BCUT2D eigenvalue weighted by Crippen LogP contribution is -2.35. The van der Waals surface area contributed by atoms with E-state index in [4.69, 9.17) is 0 Å². The zero-order valence-electron chi connectivity index (χ0n) is 13.0. The van der Waals surface area contributed by atoms with Crippen LogP contribution in [0.3, 0.4) is 0 Å². The molecule has 2 unspecified atom stereocenters. The Morgan fingerprint density at radius 1 is 1.32 bits per heavy atom. The lowest BCUT2D eigenvalue weighted by molar-refractivity contribution is -0.134. The Hall–Kier alpha value is -1.49. The van der Waals surface area contributed by atoms with E-state index >= 15 is 0 Å². The van der Waals surface area contributed by atoms with Gasteiger partial charge in [0.15, 0.2) is 11.6 Å². The van der Waals surface area contributed by atoms with Crippen LogP contribution in [0.2, 0.25) is 0 Å². The molecule has 2 fully saturated rings. The molecule has 1 saturated carbocycles. The van der Waals surface area contributed by atoms with Gasteiger partial charge in [0.2, 0.25) is 5.91 Å². The number of benzene rings is 1. The molecular weight excluding hydrogens is 286 g/mol. The second kappa shape index (κ2) is 5.61. The summed E-state index contributed by atoms with van der Waals surface area (Å²) >= 11 is 0. The number of nitrogens with zero attached hydrogens (tertiary/aromatic N) is 1. The van der Waals surface area contributed by atoms with E-state index in [2.05, 4.69) is 5.32 Å². The summed E-state index contributed by atoms with van der Waals surface area (Å²) < 4.78 is 26.4. The lowest BCUT2D eigenvalue weighted by Gasteiger charge is -2.28. The van der Waals surface area contributed by atoms with E-state index in [9.17, 15) is 13.6 Å². The number of piperidine rings is 1. The molecule has 1 spiro atoms. The van der Waals surface area contributed by atoms with Gasteiger partial charge in [-0.05, 0) is 62.4 Å². The van der Waals surface area contributed by atoms with Gasteiger partial charge in [0.1, 0.15) is 0 Å². The molecule has 1 saturated heterocycles. The molecule has 1 aliphatic heterocycles. The van der Waals surface area contributed by atoms with E-state index in [-0.39, 0.29) is 23.3 Å². The van der Waals surface area contributed by atoms with Crippen molar-refractivity contribution in [1.29, 1.82) is 0 Å². The van der Waals surface area contributed by atoms with E-state index in [1.54, 1.807) is 18.0 Å². The highest BCUT2D eigenvalue weighted by Crippen LogP contribution is 2.59. The van der Waals surface area contributed by atoms with Crippen LogP contribution >= 0.6 is 0 Å². The van der Waals surface area contributed by atoms with Gasteiger partial charge in [-0.15, -0.1) is 0 Å². The van der Waals surface area contributed by atoms with Crippen LogP contribution in [0.4, 0.5) is 8.78 Å². The quantitative estimate of drug-likeness (QED) is 0.931. The first-order valence-electron chi connectivity index (χ1n) is 7.87. The monoisotopic (exact) mass is 308 g/mol. The standard InChI is InChI=1S/C17H22F2N2O/c1-11(12-3-4-14(18)15(19)9-12)21(2)16(22)13-10-17(13)5-7-20-8-6-17/h3-4,9,11,13,20H,5-8,10H2,1-2H3. The van der Waals surface area contributed by atoms with Crippen molar-refractivity contribution in [3.8, 4) is 0 Å². The molecule has 1 amide bonds. The summed E-state index contributed by atoms with van der Waals surface area (Å²) in [5.74, 6) is -1.52. The van der Waals surface area contributed by atoms with Crippen molar-refractivity contribution in [2.75, 3.05) is 20.1 Å². The number of carbonyl (C=O) groups excluding carboxylic acids is 1. The predicted octanol–water partition coefficient (Wildman–Crippen LogP) is 2.87. The number of halogens is 2. The Kier molecular flexibility index (Phi) is 3.93. The van der Waals surface area contributed by atoms with Crippen LogP contribution < -0.4 is 5.32 Å². The SMILES string of the molecule is CC(c1ccc(F)c(F)c1)N(C)C(=O)C1CC12CCNCC2. The second-order valence-corrected chi connectivity index (χ2v) is 6.67. The molecule has 0 aromatic heterocycles. The first kappa shape index (κ1) is 15.4. The van der Waals surface area contributed by atoms with E-state index in [0.29, 0.717) is 5.56 Å². The molecule has 0 radical (unpaired) electrons. The van der Waals surface area contributed by atoms with Crippen molar-refractivity contribution >= 4 is 5.91 Å². The van der Waals surface area contributed by atoms with Gasteiger partial charge in [-0.1, -0.05) is 6.07 Å². The minimum Gasteiger partial charge on any atom is -0.339 e. The zero-order chi connectivity index (χ0) is 15.9. The van der Waals surface area contributed by atoms with Crippen LogP contribution in [-0.2, 0) is 4.79 Å². The molecule has 1 N–H and O–H groups in total. The molecule has 0 bridgehead atoms. The van der Waals surface area contributed by atoms with Crippen molar-refractivity contribution < 1.29 is 13.6 Å². The van der Waals surface area contributed by atoms with Gasteiger partial charge >= 0.3 is 0 Å². The fourth-order valence-corrected chi connectivity index (χ4v) is 3.61. The Bertz CT molecular complexity index is 584. The molecule has 1 aromatic carbocycles. The van der Waals surface area contributed by atoms with Gasteiger partial charge in [-0.25, -0.2) is 8.78 Å². The molecule has 22 heavy (non-hydrogen) atoms. The van der Waals surface area contributed by atoms with Crippen LogP contribution in [0, 0.1) is 23.0 Å². The van der Waals surface area contributed by atoms with Crippen LogP contribution in [0.15, 0.2) is 18.2 Å². The second-order valence-electron chi connectivity index (χ2n) is 6.67. The summed E-state index contributed by atoms with van der Waals surface area (Å²) in [6.45, 7) is 3.81. The molecule has 120 valence electrons. The summed E-state index contributed by atoms with van der Waals surface area (Å²) in [4.78, 5) is 14.4. The van der Waals surface area contributed by atoms with Gasteiger partial charge in [-0.2, -0.15) is 0 Å². The van der Waals surface area contributed by atoms with E-state index in [1.165, 1.54) is 6.07 Å². The van der Waals surface area contributed by atoms with Gasteiger partial charge in [0, 0.05) is 13.0 Å².